The summed E-state index contributed by atoms with van der Waals surface area (Å²) in [6.45, 7) is 6.03. The molecule has 1 saturated heterocycles. The summed E-state index contributed by atoms with van der Waals surface area (Å²) < 4.78 is 16.6. The van der Waals surface area contributed by atoms with Crippen LogP contribution in [0.4, 0.5) is 0 Å². The van der Waals surface area contributed by atoms with E-state index in [-0.39, 0.29) is 5.78 Å². The third-order valence-electron chi connectivity index (χ3n) is 4.08. The summed E-state index contributed by atoms with van der Waals surface area (Å²) in [5.41, 5.74) is 0.650. The van der Waals surface area contributed by atoms with E-state index in [9.17, 15) is 4.79 Å². The Morgan fingerprint density at radius 1 is 1.14 bits per heavy atom. The number of carbonyl (C=O) groups excluding carboxylic acids is 1. The molecule has 1 aromatic rings. The van der Waals surface area contributed by atoms with Gasteiger partial charge in [0, 0.05) is 19.5 Å². The van der Waals surface area contributed by atoms with Gasteiger partial charge >= 0.3 is 0 Å². The Bertz CT molecular complexity index is 511. The number of ether oxygens (including phenoxy) is 3. The third kappa shape index (κ3) is 3.99. The lowest BCUT2D eigenvalue weighted by molar-refractivity contribution is 0.0368. The second-order valence-corrected chi connectivity index (χ2v) is 5.69. The van der Waals surface area contributed by atoms with Crippen molar-refractivity contribution in [2.24, 2.45) is 0 Å². The first-order valence-corrected chi connectivity index (χ1v) is 8.06. The molecule has 5 nitrogen and oxygen atoms in total. The molecule has 0 N–H and O–H groups in total. The molecular weight excluding hydrogens is 282 g/mol. The number of nitrogens with zero attached hydrogens (tertiary/aromatic N) is 1. The van der Waals surface area contributed by atoms with Gasteiger partial charge in [0.1, 0.15) is 11.5 Å². The fraction of sp³-hybridized carbons (Fsp3) is 0.588. The third-order valence-corrected chi connectivity index (χ3v) is 4.08. The van der Waals surface area contributed by atoms with Crippen molar-refractivity contribution >= 4 is 5.78 Å². The summed E-state index contributed by atoms with van der Waals surface area (Å²) in [5, 5.41) is 0. The van der Waals surface area contributed by atoms with Crippen molar-refractivity contribution in [2.75, 3.05) is 46.1 Å². The Kier molecular flexibility index (Phi) is 5.29. The quantitative estimate of drug-likeness (QED) is 0.754. The van der Waals surface area contributed by atoms with Gasteiger partial charge in [-0.1, -0.05) is 0 Å². The molecule has 0 aliphatic carbocycles. The van der Waals surface area contributed by atoms with Crippen LogP contribution in [0, 0.1) is 0 Å². The zero-order valence-corrected chi connectivity index (χ0v) is 12.9. The van der Waals surface area contributed by atoms with E-state index in [0.717, 1.165) is 51.4 Å². The van der Waals surface area contributed by atoms with Crippen molar-refractivity contribution in [3.8, 4) is 11.5 Å². The van der Waals surface area contributed by atoms with Crippen LogP contribution >= 0.6 is 0 Å². The van der Waals surface area contributed by atoms with E-state index in [0.29, 0.717) is 30.9 Å². The Morgan fingerprint density at radius 3 is 2.86 bits per heavy atom. The molecule has 0 atom stereocenters. The summed E-state index contributed by atoms with van der Waals surface area (Å²) in [4.78, 5) is 14.3. The highest BCUT2D eigenvalue weighted by Crippen LogP contribution is 2.28. The van der Waals surface area contributed by atoms with Gasteiger partial charge in [0.25, 0.3) is 0 Å². The molecule has 2 aliphatic rings. The standard InChI is InChI=1S/C17H23NO4/c19-16-5-10-22-17-4-3-14(13-15(16)17)21-9-2-1-6-18-7-11-20-12-8-18/h3-4,13H,1-2,5-12H2. The van der Waals surface area contributed by atoms with Crippen LogP contribution in [0.15, 0.2) is 18.2 Å². The van der Waals surface area contributed by atoms with Crippen molar-refractivity contribution in [3.05, 3.63) is 23.8 Å². The number of hydrogen-bond acceptors (Lipinski definition) is 5. The van der Waals surface area contributed by atoms with Crippen LogP contribution in [0.25, 0.3) is 0 Å². The molecule has 3 rings (SSSR count). The van der Waals surface area contributed by atoms with Crippen molar-refractivity contribution in [2.45, 2.75) is 19.3 Å². The lowest BCUT2D eigenvalue weighted by Gasteiger charge is -2.26. The van der Waals surface area contributed by atoms with E-state index in [1.54, 1.807) is 6.07 Å². The monoisotopic (exact) mass is 305 g/mol. The average molecular weight is 305 g/mol. The summed E-state index contributed by atoms with van der Waals surface area (Å²) in [6, 6.07) is 5.51. The molecule has 0 saturated carbocycles. The summed E-state index contributed by atoms with van der Waals surface area (Å²) >= 11 is 0. The van der Waals surface area contributed by atoms with E-state index in [1.807, 2.05) is 12.1 Å². The highest BCUT2D eigenvalue weighted by Gasteiger charge is 2.18. The van der Waals surface area contributed by atoms with E-state index < -0.39 is 0 Å². The van der Waals surface area contributed by atoms with Crippen molar-refractivity contribution in [1.82, 2.24) is 4.90 Å². The molecule has 5 heteroatoms. The van der Waals surface area contributed by atoms with Crippen LogP contribution in [-0.4, -0.2) is 56.7 Å². The van der Waals surface area contributed by atoms with Crippen LogP contribution in [-0.2, 0) is 4.74 Å². The fourth-order valence-corrected chi connectivity index (χ4v) is 2.78. The smallest absolute Gasteiger partial charge is 0.170 e. The van der Waals surface area contributed by atoms with Crippen molar-refractivity contribution in [1.29, 1.82) is 0 Å². The lowest BCUT2D eigenvalue weighted by atomic mass is 10.0. The average Bonchev–Trinajstić information content (AvgIpc) is 2.56. The largest absolute Gasteiger partial charge is 0.494 e. The Balaban J connectivity index is 1.40. The van der Waals surface area contributed by atoms with Gasteiger partial charge in [-0.2, -0.15) is 0 Å². The van der Waals surface area contributed by atoms with Gasteiger partial charge in [-0.25, -0.2) is 0 Å². The predicted molar refractivity (Wildman–Crippen MR) is 82.9 cm³/mol. The van der Waals surface area contributed by atoms with Gasteiger partial charge in [0.2, 0.25) is 0 Å². The molecule has 1 fully saturated rings. The van der Waals surface area contributed by atoms with E-state index in [1.165, 1.54) is 0 Å². The van der Waals surface area contributed by atoms with Crippen LogP contribution < -0.4 is 9.47 Å². The highest BCUT2D eigenvalue weighted by atomic mass is 16.5. The Morgan fingerprint density at radius 2 is 2.00 bits per heavy atom. The minimum Gasteiger partial charge on any atom is -0.494 e. The second kappa shape index (κ2) is 7.61. The normalized spacial score (nSPS) is 18.6. The molecule has 0 amide bonds. The van der Waals surface area contributed by atoms with Gasteiger partial charge in [0.15, 0.2) is 5.78 Å². The number of ketones is 1. The van der Waals surface area contributed by atoms with Gasteiger partial charge in [-0.05, 0) is 37.6 Å². The molecule has 1 aromatic carbocycles. The number of morpholine rings is 1. The fourth-order valence-electron chi connectivity index (χ4n) is 2.78. The summed E-state index contributed by atoms with van der Waals surface area (Å²) in [5.74, 6) is 1.57. The number of hydrogen-bond donors (Lipinski definition) is 0. The van der Waals surface area contributed by atoms with Crippen LogP contribution in [0.1, 0.15) is 29.6 Å². The molecule has 2 heterocycles. The molecule has 2 aliphatic heterocycles. The van der Waals surface area contributed by atoms with Crippen LogP contribution in [0.2, 0.25) is 0 Å². The number of benzene rings is 1. The molecular formula is C17H23NO4. The van der Waals surface area contributed by atoms with Gasteiger partial charge < -0.3 is 14.2 Å². The molecule has 0 aromatic heterocycles. The topological polar surface area (TPSA) is 48.0 Å². The molecule has 0 radical (unpaired) electrons. The minimum absolute atomic E-state index is 0.138. The van der Waals surface area contributed by atoms with Crippen LogP contribution in [0.5, 0.6) is 11.5 Å². The highest BCUT2D eigenvalue weighted by molar-refractivity contribution is 5.99. The maximum Gasteiger partial charge on any atom is 0.170 e. The number of carbonyl (C=O) groups is 1. The zero-order chi connectivity index (χ0) is 15.2. The maximum atomic E-state index is 11.8. The SMILES string of the molecule is O=C1CCOc2ccc(OCCCCN3CCOCC3)cc21. The number of unbranched alkanes of at least 4 members (excludes halogenated alkanes) is 1. The molecule has 120 valence electrons. The summed E-state index contributed by atoms with van der Waals surface area (Å²) in [6.07, 6.45) is 2.59. The van der Waals surface area contributed by atoms with Gasteiger partial charge in [-0.15, -0.1) is 0 Å². The Hall–Kier alpha value is -1.59. The summed E-state index contributed by atoms with van der Waals surface area (Å²) in [7, 11) is 0. The van der Waals surface area contributed by atoms with E-state index in [4.69, 9.17) is 14.2 Å². The van der Waals surface area contributed by atoms with E-state index >= 15 is 0 Å². The molecule has 0 unspecified atom stereocenters. The maximum absolute atomic E-state index is 11.8. The van der Waals surface area contributed by atoms with Gasteiger partial charge in [-0.3, -0.25) is 9.69 Å². The molecule has 0 spiro atoms. The number of fused-ring (bicyclic) bond motifs is 1. The Labute approximate surface area is 131 Å². The zero-order valence-electron chi connectivity index (χ0n) is 12.9. The van der Waals surface area contributed by atoms with Gasteiger partial charge in [0.05, 0.1) is 32.0 Å². The molecule has 0 bridgehead atoms. The first-order valence-electron chi connectivity index (χ1n) is 8.06. The first-order chi connectivity index (χ1) is 10.8. The van der Waals surface area contributed by atoms with Crippen molar-refractivity contribution < 1.29 is 19.0 Å². The predicted octanol–water partition coefficient (Wildman–Crippen LogP) is 2.14. The van der Waals surface area contributed by atoms with Crippen molar-refractivity contribution in [3.63, 3.8) is 0 Å². The minimum atomic E-state index is 0.138. The second-order valence-electron chi connectivity index (χ2n) is 5.69. The number of rotatable bonds is 6. The molecule has 22 heavy (non-hydrogen) atoms. The number of Topliss-reactive ketones (excluding diaryl/α,β-unsaturated/α-hetero) is 1. The van der Waals surface area contributed by atoms with E-state index in [2.05, 4.69) is 4.90 Å². The first kappa shape index (κ1) is 15.3. The van der Waals surface area contributed by atoms with Crippen LogP contribution in [0.3, 0.4) is 0 Å². The lowest BCUT2D eigenvalue weighted by Crippen LogP contribution is -2.36.